The zero-order valence-electron chi connectivity index (χ0n) is 14.9. The summed E-state index contributed by atoms with van der Waals surface area (Å²) in [5, 5.41) is 0. The van der Waals surface area contributed by atoms with E-state index in [1.807, 2.05) is 31.9 Å². The van der Waals surface area contributed by atoms with E-state index in [4.69, 9.17) is 0 Å². The molecular weight excluding hydrogens is 290 g/mol. The molecule has 2 heterocycles. The summed E-state index contributed by atoms with van der Waals surface area (Å²) in [5.74, 6) is 0.435. The Morgan fingerprint density at radius 3 is 2.30 bits per heavy atom. The number of ketones is 1. The Bertz CT molecular complexity index is 569. The van der Waals surface area contributed by atoms with Crippen LogP contribution >= 0.6 is 0 Å². The van der Waals surface area contributed by atoms with Crippen LogP contribution in [0.2, 0.25) is 0 Å². The number of hydrogen-bond acceptors (Lipinski definition) is 3. The van der Waals surface area contributed by atoms with Gasteiger partial charge in [-0.3, -0.25) is 14.5 Å². The van der Waals surface area contributed by atoms with Gasteiger partial charge in [0, 0.05) is 56.6 Å². The van der Waals surface area contributed by atoms with E-state index < -0.39 is 0 Å². The van der Waals surface area contributed by atoms with E-state index in [2.05, 4.69) is 16.4 Å². The molecule has 1 aromatic heterocycles. The van der Waals surface area contributed by atoms with Gasteiger partial charge in [-0.2, -0.15) is 0 Å². The Morgan fingerprint density at radius 2 is 1.78 bits per heavy atom. The second-order valence-electron chi connectivity index (χ2n) is 6.53. The van der Waals surface area contributed by atoms with E-state index >= 15 is 0 Å². The van der Waals surface area contributed by atoms with Crippen molar-refractivity contribution < 1.29 is 9.59 Å². The minimum absolute atomic E-state index is 0.178. The molecule has 0 unspecified atom stereocenters. The molecule has 5 nitrogen and oxygen atoms in total. The number of rotatable bonds is 6. The molecule has 1 aliphatic heterocycles. The van der Waals surface area contributed by atoms with Gasteiger partial charge in [0.25, 0.3) is 0 Å². The number of carbonyl (C=O) groups excluding carboxylic acids is 2. The first-order chi connectivity index (χ1) is 10.9. The predicted molar refractivity (Wildman–Crippen MR) is 91.8 cm³/mol. The summed E-state index contributed by atoms with van der Waals surface area (Å²) in [6, 6.07) is 1.97. The van der Waals surface area contributed by atoms with E-state index in [1.54, 1.807) is 0 Å². The maximum Gasteiger partial charge on any atom is 0.222 e. The summed E-state index contributed by atoms with van der Waals surface area (Å²) in [6.07, 6.45) is 2.66. The van der Waals surface area contributed by atoms with Crippen molar-refractivity contribution in [1.29, 1.82) is 0 Å². The van der Waals surface area contributed by atoms with Crippen LogP contribution in [0.25, 0.3) is 0 Å². The molecule has 128 valence electrons. The highest BCUT2D eigenvalue weighted by Crippen LogP contribution is 2.15. The van der Waals surface area contributed by atoms with Gasteiger partial charge in [-0.05, 0) is 26.3 Å². The molecule has 1 saturated heterocycles. The van der Waals surface area contributed by atoms with Crippen LogP contribution in [0.3, 0.4) is 0 Å². The van der Waals surface area contributed by atoms with Gasteiger partial charge in [-0.1, -0.05) is 13.3 Å². The lowest BCUT2D eigenvalue weighted by Gasteiger charge is -2.34. The summed E-state index contributed by atoms with van der Waals surface area (Å²) in [7, 11) is 1.99. The van der Waals surface area contributed by atoms with Crippen molar-refractivity contribution in [3.05, 3.63) is 23.0 Å². The Balaban J connectivity index is 1.85. The fourth-order valence-electron chi connectivity index (χ4n) is 3.07. The molecule has 0 saturated carbocycles. The van der Waals surface area contributed by atoms with Crippen LogP contribution < -0.4 is 0 Å². The first kappa shape index (κ1) is 17.7. The summed E-state index contributed by atoms with van der Waals surface area (Å²) in [6.45, 7) is 9.61. The normalized spacial score (nSPS) is 15.9. The molecule has 0 radical (unpaired) electrons. The fourth-order valence-corrected chi connectivity index (χ4v) is 3.07. The molecule has 0 aliphatic carbocycles. The Hall–Kier alpha value is -1.62. The van der Waals surface area contributed by atoms with E-state index in [0.717, 1.165) is 56.0 Å². The smallest absolute Gasteiger partial charge is 0.222 e. The molecule has 23 heavy (non-hydrogen) atoms. The third-order valence-electron chi connectivity index (χ3n) is 4.91. The average molecular weight is 319 g/mol. The van der Waals surface area contributed by atoms with Crippen molar-refractivity contribution in [2.45, 2.75) is 40.0 Å². The first-order valence-electron chi connectivity index (χ1n) is 8.60. The highest BCUT2D eigenvalue weighted by Gasteiger charge is 2.23. The number of unbranched alkanes of at least 4 members (excludes halogenated alkanes) is 1. The lowest BCUT2D eigenvalue weighted by atomic mass is 10.1. The molecule has 0 N–H and O–H groups in total. The van der Waals surface area contributed by atoms with Crippen molar-refractivity contribution in [3.8, 4) is 0 Å². The van der Waals surface area contributed by atoms with Gasteiger partial charge < -0.3 is 9.47 Å². The summed E-state index contributed by atoms with van der Waals surface area (Å²) in [4.78, 5) is 28.6. The van der Waals surface area contributed by atoms with Crippen molar-refractivity contribution >= 4 is 11.7 Å². The molecule has 0 aromatic carbocycles. The molecule has 0 spiro atoms. The van der Waals surface area contributed by atoms with Gasteiger partial charge in [0.1, 0.15) is 0 Å². The van der Waals surface area contributed by atoms with Crippen molar-refractivity contribution in [2.24, 2.45) is 7.05 Å². The number of carbonyl (C=O) groups is 2. The third-order valence-corrected chi connectivity index (χ3v) is 4.91. The lowest BCUT2D eigenvalue weighted by Crippen LogP contribution is -2.49. The maximum absolute atomic E-state index is 12.5. The van der Waals surface area contributed by atoms with Crippen molar-refractivity contribution in [2.75, 3.05) is 32.7 Å². The Morgan fingerprint density at radius 1 is 1.13 bits per heavy atom. The monoisotopic (exact) mass is 319 g/mol. The largest absolute Gasteiger partial charge is 0.351 e. The molecule has 1 aromatic rings. The standard InChI is InChI=1S/C18H29N3O2/c1-5-6-7-18(23)21-10-8-20(9-11-21)13-17(22)16-12-14(2)19(4)15(16)3/h12H,5-11,13H2,1-4H3. The minimum Gasteiger partial charge on any atom is -0.351 e. The van der Waals surface area contributed by atoms with Crippen LogP contribution in [0.4, 0.5) is 0 Å². The van der Waals surface area contributed by atoms with E-state index in [-0.39, 0.29) is 11.7 Å². The van der Waals surface area contributed by atoms with E-state index in [1.165, 1.54) is 0 Å². The molecule has 1 fully saturated rings. The Labute approximate surface area is 139 Å². The van der Waals surface area contributed by atoms with Crippen LogP contribution in [0.1, 0.15) is 47.9 Å². The van der Waals surface area contributed by atoms with Crippen LogP contribution in [-0.4, -0.2) is 58.8 Å². The lowest BCUT2D eigenvalue weighted by molar-refractivity contribution is -0.132. The molecule has 0 atom stereocenters. The SMILES string of the molecule is CCCCC(=O)N1CCN(CC(=O)c2cc(C)n(C)c2C)CC1. The highest BCUT2D eigenvalue weighted by molar-refractivity contribution is 5.99. The maximum atomic E-state index is 12.5. The van der Waals surface area contributed by atoms with Crippen LogP contribution in [0.15, 0.2) is 6.07 Å². The van der Waals surface area contributed by atoms with Crippen LogP contribution in [-0.2, 0) is 11.8 Å². The number of piperazine rings is 1. The summed E-state index contributed by atoms with van der Waals surface area (Å²) in [5.41, 5.74) is 2.96. The van der Waals surface area contributed by atoms with Crippen LogP contribution in [0, 0.1) is 13.8 Å². The molecular formula is C18H29N3O2. The topological polar surface area (TPSA) is 45.6 Å². The van der Waals surface area contributed by atoms with Gasteiger partial charge in [0.05, 0.1) is 6.54 Å². The number of Topliss-reactive ketones (excluding diaryl/α,β-unsaturated/α-hetero) is 1. The predicted octanol–water partition coefficient (Wildman–Crippen LogP) is 2.16. The van der Waals surface area contributed by atoms with E-state index in [9.17, 15) is 9.59 Å². The molecule has 1 amide bonds. The van der Waals surface area contributed by atoms with Gasteiger partial charge >= 0.3 is 0 Å². The number of aryl methyl sites for hydroxylation is 1. The quantitative estimate of drug-likeness (QED) is 0.755. The fraction of sp³-hybridized carbons (Fsp3) is 0.667. The average Bonchev–Trinajstić information content (AvgIpc) is 2.81. The molecule has 5 heteroatoms. The second kappa shape index (κ2) is 7.77. The second-order valence-corrected chi connectivity index (χ2v) is 6.53. The van der Waals surface area contributed by atoms with Gasteiger partial charge in [0.2, 0.25) is 5.91 Å². The number of amides is 1. The molecule has 1 aliphatic rings. The van der Waals surface area contributed by atoms with Gasteiger partial charge in [0.15, 0.2) is 5.78 Å². The van der Waals surface area contributed by atoms with Crippen molar-refractivity contribution in [3.63, 3.8) is 0 Å². The summed E-state index contributed by atoms with van der Waals surface area (Å²) < 4.78 is 2.05. The number of aromatic nitrogens is 1. The van der Waals surface area contributed by atoms with Crippen LogP contribution in [0.5, 0.6) is 0 Å². The zero-order chi connectivity index (χ0) is 17.0. The molecule has 2 rings (SSSR count). The summed E-state index contributed by atoms with van der Waals surface area (Å²) >= 11 is 0. The van der Waals surface area contributed by atoms with Gasteiger partial charge in [-0.15, -0.1) is 0 Å². The number of nitrogens with zero attached hydrogens (tertiary/aromatic N) is 3. The highest BCUT2D eigenvalue weighted by atomic mass is 16.2. The molecule has 0 bridgehead atoms. The number of hydrogen-bond donors (Lipinski definition) is 0. The zero-order valence-corrected chi connectivity index (χ0v) is 14.9. The Kier molecular flexibility index (Phi) is 5.99. The van der Waals surface area contributed by atoms with Gasteiger partial charge in [-0.25, -0.2) is 0 Å². The van der Waals surface area contributed by atoms with E-state index in [0.29, 0.717) is 13.0 Å². The van der Waals surface area contributed by atoms with Crippen molar-refractivity contribution in [1.82, 2.24) is 14.4 Å². The first-order valence-corrected chi connectivity index (χ1v) is 8.60. The minimum atomic E-state index is 0.178. The third kappa shape index (κ3) is 4.22.